The Balaban J connectivity index is 1.50. The molecule has 3 aromatic rings. The Bertz CT molecular complexity index is 1210. The molecule has 1 aliphatic rings. The minimum Gasteiger partial charge on any atom is -0.382 e. The molecule has 0 saturated carbocycles. The Kier molecular flexibility index (Phi) is 6.56. The van der Waals surface area contributed by atoms with Crippen molar-refractivity contribution in [2.24, 2.45) is 0 Å². The molecule has 2 aromatic heterocycles. The summed E-state index contributed by atoms with van der Waals surface area (Å²) in [4.78, 5) is 47.1. The van der Waals surface area contributed by atoms with E-state index < -0.39 is 6.04 Å². The van der Waals surface area contributed by atoms with E-state index >= 15 is 0 Å². The molecule has 0 spiro atoms. The van der Waals surface area contributed by atoms with Crippen LogP contribution in [0.1, 0.15) is 19.8 Å². The van der Waals surface area contributed by atoms with Gasteiger partial charge in [-0.1, -0.05) is 23.5 Å². The number of amides is 4. The number of aromatic nitrogens is 2. The molecular formula is C21H23N7O3S2. The summed E-state index contributed by atoms with van der Waals surface area (Å²) >= 11 is 2.66. The number of benzene rings is 1. The van der Waals surface area contributed by atoms with Crippen LogP contribution >= 0.6 is 22.7 Å². The number of anilines is 3. The van der Waals surface area contributed by atoms with Crippen LogP contribution in [0.25, 0.3) is 21.1 Å². The number of nitrogens with zero attached hydrogens (tertiary/aromatic N) is 3. The topological polar surface area (TPSA) is 142 Å². The van der Waals surface area contributed by atoms with Gasteiger partial charge in [0.1, 0.15) is 21.7 Å². The number of urea groups is 1. The predicted octanol–water partition coefficient (Wildman–Crippen LogP) is 3.22. The average molecular weight is 486 g/mol. The maximum atomic E-state index is 12.7. The Labute approximate surface area is 198 Å². The molecule has 4 amide bonds. The van der Waals surface area contributed by atoms with Crippen molar-refractivity contribution < 1.29 is 14.4 Å². The highest BCUT2D eigenvalue weighted by Crippen LogP contribution is 2.38. The second kappa shape index (κ2) is 9.55. The van der Waals surface area contributed by atoms with Crippen LogP contribution in [0.3, 0.4) is 0 Å². The van der Waals surface area contributed by atoms with E-state index in [9.17, 15) is 14.4 Å². The van der Waals surface area contributed by atoms with Gasteiger partial charge in [0.15, 0.2) is 5.13 Å². The van der Waals surface area contributed by atoms with Crippen LogP contribution in [0.4, 0.5) is 21.4 Å². The van der Waals surface area contributed by atoms with E-state index in [0.717, 1.165) is 17.7 Å². The number of hydrogen-bond acceptors (Lipinski definition) is 8. The number of carbonyl (C=O) groups is 3. The normalized spacial score (nSPS) is 15.3. The molecule has 0 bridgehead atoms. The highest BCUT2D eigenvalue weighted by Gasteiger charge is 2.32. The van der Waals surface area contributed by atoms with Gasteiger partial charge in [0, 0.05) is 37.1 Å². The summed E-state index contributed by atoms with van der Waals surface area (Å²) in [5.74, 6) is 0.0136. The molecule has 1 saturated heterocycles. The third-order valence-corrected chi connectivity index (χ3v) is 7.17. The van der Waals surface area contributed by atoms with Crippen molar-refractivity contribution in [2.45, 2.75) is 25.8 Å². The van der Waals surface area contributed by atoms with Gasteiger partial charge in [-0.25, -0.2) is 14.8 Å². The lowest BCUT2D eigenvalue weighted by Gasteiger charge is -2.22. The van der Waals surface area contributed by atoms with Crippen LogP contribution in [0.5, 0.6) is 0 Å². The van der Waals surface area contributed by atoms with Gasteiger partial charge >= 0.3 is 6.03 Å². The van der Waals surface area contributed by atoms with Crippen molar-refractivity contribution in [1.82, 2.24) is 20.2 Å². The zero-order chi connectivity index (χ0) is 23.5. The minimum absolute atomic E-state index is 0.0903. The summed E-state index contributed by atoms with van der Waals surface area (Å²) in [6.45, 7) is 2.09. The number of nitrogens with two attached hydrogens (primary N) is 1. The van der Waals surface area contributed by atoms with E-state index in [1.165, 1.54) is 36.6 Å². The van der Waals surface area contributed by atoms with Gasteiger partial charge in [0.25, 0.3) is 0 Å². The first-order valence-corrected chi connectivity index (χ1v) is 11.9. The van der Waals surface area contributed by atoms with E-state index in [1.54, 1.807) is 11.0 Å². The van der Waals surface area contributed by atoms with Crippen LogP contribution < -0.4 is 21.7 Å². The minimum atomic E-state index is -0.441. The van der Waals surface area contributed by atoms with Gasteiger partial charge < -0.3 is 21.3 Å². The molecule has 5 N–H and O–H groups in total. The second-order valence-corrected chi connectivity index (χ2v) is 9.27. The summed E-state index contributed by atoms with van der Waals surface area (Å²) in [6, 6.07) is 6.58. The van der Waals surface area contributed by atoms with E-state index in [-0.39, 0.29) is 17.8 Å². The van der Waals surface area contributed by atoms with E-state index in [1.807, 2.05) is 23.6 Å². The van der Waals surface area contributed by atoms with Gasteiger partial charge in [-0.05, 0) is 25.0 Å². The number of likely N-dealkylation sites (tertiary alicyclic amines) is 1. The lowest BCUT2D eigenvalue weighted by atomic mass is 10.1. The molecule has 0 radical (unpaired) electrons. The molecule has 0 unspecified atom stereocenters. The fourth-order valence-corrected chi connectivity index (χ4v) is 5.42. The molecule has 12 heteroatoms. The van der Waals surface area contributed by atoms with Crippen molar-refractivity contribution in [1.29, 1.82) is 0 Å². The number of rotatable bonds is 5. The van der Waals surface area contributed by atoms with Crippen molar-refractivity contribution >= 4 is 57.2 Å². The van der Waals surface area contributed by atoms with Crippen molar-refractivity contribution in [3.63, 3.8) is 0 Å². The molecule has 4 rings (SSSR count). The monoisotopic (exact) mass is 485 g/mol. The third-order valence-electron chi connectivity index (χ3n) is 5.19. The Morgan fingerprint density at radius 2 is 2.03 bits per heavy atom. The highest BCUT2D eigenvalue weighted by molar-refractivity contribution is 7.23. The van der Waals surface area contributed by atoms with Crippen LogP contribution in [0, 0.1) is 0 Å². The summed E-state index contributed by atoms with van der Waals surface area (Å²) in [5.41, 5.74) is 8.22. The lowest BCUT2D eigenvalue weighted by molar-refractivity contribution is -0.134. The number of nitrogens with one attached hydrogen (secondary N) is 3. The summed E-state index contributed by atoms with van der Waals surface area (Å²) in [7, 11) is 1.52. The Morgan fingerprint density at radius 3 is 2.79 bits per heavy atom. The van der Waals surface area contributed by atoms with Crippen LogP contribution in [0.2, 0.25) is 0 Å². The molecule has 172 valence electrons. The number of nitrogen functional groups attached to an aromatic ring is 1. The second-order valence-electron chi connectivity index (χ2n) is 7.42. The molecule has 1 aromatic carbocycles. The van der Waals surface area contributed by atoms with Gasteiger partial charge in [-0.15, -0.1) is 11.3 Å². The zero-order valence-electron chi connectivity index (χ0n) is 18.0. The average Bonchev–Trinajstić information content (AvgIpc) is 3.53. The fourth-order valence-electron chi connectivity index (χ4n) is 3.61. The highest BCUT2D eigenvalue weighted by atomic mass is 32.1. The number of hydrogen-bond donors (Lipinski definition) is 4. The Morgan fingerprint density at radius 1 is 1.21 bits per heavy atom. The number of thiazole rings is 2. The quantitative estimate of drug-likeness (QED) is 0.437. The smallest absolute Gasteiger partial charge is 0.320 e. The van der Waals surface area contributed by atoms with Gasteiger partial charge in [0.05, 0.1) is 5.69 Å². The Hall–Kier alpha value is -3.51. The van der Waals surface area contributed by atoms with Gasteiger partial charge in [-0.3, -0.25) is 14.9 Å². The number of carbonyl (C=O) groups excluding carboxylic acids is 3. The first kappa shape index (κ1) is 22.7. The largest absolute Gasteiger partial charge is 0.382 e. The van der Waals surface area contributed by atoms with E-state index in [0.29, 0.717) is 39.5 Å². The first-order valence-electron chi connectivity index (χ1n) is 10.2. The van der Waals surface area contributed by atoms with E-state index in [2.05, 4.69) is 25.9 Å². The standard InChI is InChI=1S/C21H23N7O3S2/c1-11(29)28-8-4-7-15(28)18(30)24-13-6-3-5-12(9-13)14-10-32-19(25-14)16-17(22)26-21(33-16)27-20(31)23-2/h3,5-6,9-10,15H,4,7-8,22H2,1-2H3,(H,24,30)(H2,23,26,27,31)/t15-/m0/s1. The van der Waals surface area contributed by atoms with Gasteiger partial charge in [-0.2, -0.15) is 0 Å². The summed E-state index contributed by atoms with van der Waals surface area (Å²) in [6.07, 6.45) is 1.48. The molecule has 1 aliphatic heterocycles. The molecule has 33 heavy (non-hydrogen) atoms. The van der Waals surface area contributed by atoms with Crippen molar-refractivity contribution in [3.05, 3.63) is 29.6 Å². The predicted molar refractivity (Wildman–Crippen MR) is 130 cm³/mol. The zero-order valence-corrected chi connectivity index (χ0v) is 19.7. The molecule has 10 nitrogen and oxygen atoms in total. The first-order chi connectivity index (χ1) is 15.9. The SMILES string of the molecule is CNC(=O)Nc1nc(N)c(-c2nc(-c3cccc(NC(=O)[C@@H]4CCCN4C(C)=O)c3)cs2)s1. The van der Waals surface area contributed by atoms with Gasteiger partial charge in [0.2, 0.25) is 11.8 Å². The van der Waals surface area contributed by atoms with Crippen LogP contribution in [0.15, 0.2) is 29.6 Å². The van der Waals surface area contributed by atoms with Crippen molar-refractivity contribution in [3.8, 4) is 21.1 Å². The molecule has 1 atom stereocenters. The maximum absolute atomic E-state index is 12.7. The fraction of sp³-hybridized carbons (Fsp3) is 0.286. The molecular weight excluding hydrogens is 462 g/mol. The summed E-state index contributed by atoms with van der Waals surface area (Å²) < 4.78 is 0. The third kappa shape index (κ3) is 4.96. The van der Waals surface area contributed by atoms with Crippen LogP contribution in [-0.4, -0.2) is 52.3 Å². The molecule has 1 fully saturated rings. The lowest BCUT2D eigenvalue weighted by Crippen LogP contribution is -2.42. The molecule has 0 aliphatic carbocycles. The van der Waals surface area contributed by atoms with Crippen LogP contribution in [-0.2, 0) is 9.59 Å². The van der Waals surface area contributed by atoms with Crippen molar-refractivity contribution in [2.75, 3.05) is 30.0 Å². The summed E-state index contributed by atoms with van der Waals surface area (Å²) in [5, 5.41) is 11.0. The van der Waals surface area contributed by atoms with E-state index in [4.69, 9.17) is 5.73 Å². The maximum Gasteiger partial charge on any atom is 0.320 e. The molecule has 3 heterocycles.